The fourth-order valence-corrected chi connectivity index (χ4v) is 3.99. The Labute approximate surface area is 198 Å². The zero-order chi connectivity index (χ0) is 23.8. The summed E-state index contributed by atoms with van der Waals surface area (Å²) in [6.07, 6.45) is 0. The molecule has 1 aliphatic heterocycles. The Balaban J connectivity index is 1.49. The van der Waals surface area contributed by atoms with Crippen LogP contribution >= 0.6 is 11.6 Å². The number of esters is 1. The number of nitriles is 1. The van der Waals surface area contributed by atoms with Gasteiger partial charge in [-0.25, -0.2) is 9.59 Å². The Hall–Kier alpha value is -4.54. The van der Waals surface area contributed by atoms with Crippen LogP contribution in [0.1, 0.15) is 27.4 Å². The zero-order valence-corrected chi connectivity index (χ0v) is 18.2. The van der Waals surface area contributed by atoms with E-state index < -0.39 is 17.5 Å². The summed E-state index contributed by atoms with van der Waals surface area (Å²) in [4.78, 5) is 25.0. The van der Waals surface area contributed by atoms with Crippen LogP contribution in [0.3, 0.4) is 0 Å². The first kappa shape index (κ1) is 21.3. The van der Waals surface area contributed by atoms with E-state index in [0.29, 0.717) is 27.3 Å². The lowest BCUT2D eigenvalue weighted by atomic mass is 9.83. The minimum atomic E-state index is -0.870. The third-order valence-electron chi connectivity index (χ3n) is 5.47. The SMILES string of the molecule is N#CC1=C(N)Oc2cc(OC(=O)c3cc4ccccc4oc3=O)ccc2C1c1ccc(Cl)cc1. The van der Waals surface area contributed by atoms with E-state index in [1.807, 2.05) is 0 Å². The molecule has 0 aliphatic carbocycles. The van der Waals surface area contributed by atoms with E-state index in [1.165, 1.54) is 12.1 Å². The monoisotopic (exact) mass is 470 g/mol. The summed E-state index contributed by atoms with van der Waals surface area (Å²) in [5, 5.41) is 10.8. The smallest absolute Gasteiger partial charge is 0.351 e. The second-order valence-electron chi connectivity index (χ2n) is 7.55. The van der Waals surface area contributed by atoms with Crippen LogP contribution < -0.4 is 20.8 Å². The lowest BCUT2D eigenvalue weighted by molar-refractivity contribution is 0.0730. The van der Waals surface area contributed by atoms with E-state index in [0.717, 1.165) is 5.56 Å². The number of halogens is 1. The molecular weight excluding hydrogens is 456 g/mol. The van der Waals surface area contributed by atoms with Crippen LogP contribution in [0.2, 0.25) is 5.02 Å². The van der Waals surface area contributed by atoms with Gasteiger partial charge in [-0.3, -0.25) is 0 Å². The first-order valence-electron chi connectivity index (χ1n) is 10.2. The molecule has 1 aliphatic rings. The summed E-state index contributed by atoms with van der Waals surface area (Å²) in [5.41, 5.74) is 7.08. The van der Waals surface area contributed by atoms with Crippen LogP contribution in [-0.2, 0) is 0 Å². The predicted molar refractivity (Wildman–Crippen MR) is 125 cm³/mol. The standard InChI is InChI=1S/C26H15ClN2O5/c27-16-7-5-14(6-8-16)23-18-10-9-17(12-22(18)33-24(29)20(23)13-28)32-25(30)19-11-15-3-1-2-4-21(15)34-26(19)31/h1-12,23H,29H2. The molecule has 1 atom stereocenters. The van der Waals surface area contributed by atoms with E-state index in [9.17, 15) is 14.9 Å². The van der Waals surface area contributed by atoms with Crippen LogP contribution in [0, 0.1) is 11.3 Å². The van der Waals surface area contributed by atoms with E-state index in [1.54, 1.807) is 60.7 Å². The Morgan fingerprint density at radius 3 is 2.59 bits per heavy atom. The van der Waals surface area contributed by atoms with Gasteiger partial charge in [0.2, 0.25) is 5.88 Å². The normalized spacial score (nSPS) is 14.8. The highest BCUT2D eigenvalue weighted by atomic mass is 35.5. The van der Waals surface area contributed by atoms with E-state index >= 15 is 0 Å². The van der Waals surface area contributed by atoms with Gasteiger partial charge in [-0.05, 0) is 35.9 Å². The number of carbonyl (C=O) groups is 1. The lowest BCUT2D eigenvalue weighted by Gasteiger charge is -2.26. The predicted octanol–water partition coefficient (Wildman–Crippen LogP) is 4.88. The molecule has 1 aromatic heterocycles. The second kappa shape index (κ2) is 8.43. The van der Waals surface area contributed by atoms with E-state index in [-0.39, 0.29) is 22.8 Å². The number of rotatable bonds is 3. The fraction of sp³-hybridized carbons (Fsp3) is 0.0385. The molecule has 166 valence electrons. The first-order valence-corrected chi connectivity index (χ1v) is 10.5. The molecule has 0 saturated carbocycles. The van der Waals surface area contributed by atoms with Crippen LogP contribution in [0.25, 0.3) is 11.0 Å². The molecule has 2 heterocycles. The molecule has 0 bridgehead atoms. The highest BCUT2D eigenvalue weighted by Crippen LogP contribution is 2.43. The third-order valence-corrected chi connectivity index (χ3v) is 5.72. The average Bonchev–Trinajstić information content (AvgIpc) is 2.83. The number of carbonyl (C=O) groups excluding carboxylic acids is 1. The van der Waals surface area contributed by atoms with Crippen molar-refractivity contribution in [2.45, 2.75) is 5.92 Å². The largest absolute Gasteiger partial charge is 0.440 e. The summed E-state index contributed by atoms with van der Waals surface area (Å²) >= 11 is 6.01. The summed E-state index contributed by atoms with van der Waals surface area (Å²) < 4.78 is 16.3. The van der Waals surface area contributed by atoms with Gasteiger partial charge in [0.15, 0.2) is 0 Å². The van der Waals surface area contributed by atoms with Crippen molar-refractivity contribution in [3.05, 3.63) is 116 Å². The molecule has 5 rings (SSSR count). The van der Waals surface area contributed by atoms with Crippen LogP contribution in [0.4, 0.5) is 0 Å². The molecule has 34 heavy (non-hydrogen) atoms. The topological polar surface area (TPSA) is 116 Å². The van der Waals surface area contributed by atoms with Crippen molar-refractivity contribution < 1.29 is 18.7 Å². The number of allylic oxidation sites excluding steroid dienone is 1. The third kappa shape index (κ3) is 3.76. The molecule has 0 amide bonds. The van der Waals surface area contributed by atoms with Crippen LogP contribution in [0.5, 0.6) is 11.5 Å². The number of fused-ring (bicyclic) bond motifs is 2. The Bertz CT molecular complexity index is 1580. The molecule has 8 heteroatoms. The van der Waals surface area contributed by atoms with Gasteiger partial charge < -0.3 is 19.6 Å². The maximum absolute atomic E-state index is 12.7. The van der Waals surface area contributed by atoms with Gasteiger partial charge in [-0.2, -0.15) is 5.26 Å². The molecule has 2 N–H and O–H groups in total. The van der Waals surface area contributed by atoms with Crippen molar-refractivity contribution in [2.75, 3.05) is 0 Å². The zero-order valence-electron chi connectivity index (χ0n) is 17.4. The van der Waals surface area contributed by atoms with Crippen molar-refractivity contribution in [1.29, 1.82) is 5.26 Å². The molecule has 0 saturated heterocycles. The number of nitrogens with two attached hydrogens (primary N) is 1. The van der Waals surface area contributed by atoms with Crippen molar-refractivity contribution in [2.24, 2.45) is 5.73 Å². The van der Waals surface area contributed by atoms with Crippen molar-refractivity contribution in [1.82, 2.24) is 0 Å². The number of para-hydroxylation sites is 1. The Kier molecular flexibility index (Phi) is 5.28. The molecule has 0 fully saturated rings. The number of ether oxygens (including phenoxy) is 2. The average molecular weight is 471 g/mol. The minimum absolute atomic E-state index is 0.0476. The van der Waals surface area contributed by atoms with Crippen molar-refractivity contribution in [3.63, 3.8) is 0 Å². The number of nitrogens with zero attached hydrogens (tertiary/aromatic N) is 1. The molecule has 1 unspecified atom stereocenters. The van der Waals surface area contributed by atoms with Crippen LogP contribution in [-0.4, -0.2) is 5.97 Å². The van der Waals surface area contributed by atoms with Gasteiger partial charge in [0.25, 0.3) is 0 Å². The summed E-state index contributed by atoms with van der Waals surface area (Å²) in [5.74, 6) is -0.936. The molecule has 7 nitrogen and oxygen atoms in total. The van der Waals surface area contributed by atoms with Gasteiger partial charge in [0.1, 0.15) is 34.3 Å². The quantitative estimate of drug-likeness (QED) is 0.257. The van der Waals surface area contributed by atoms with E-state index in [4.69, 9.17) is 31.2 Å². The van der Waals surface area contributed by atoms with E-state index in [2.05, 4.69) is 6.07 Å². The molecule has 0 spiro atoms. The number of benzene rings is 3. The Morgan fingerprint density at radius 1 is 1.06 bits per heavy atom. The first-order chi connectivity index (χ1) is 16.4. The fourth-order valence-electron chi connectivity index (χ4n) is 3.86. The molecular formula is C26H15ClN2O5. The second-order valence-corrected chi connectivity index (χ2v) is 7.99. The van der Waals surface area contributed by atoms with Gasteiger partial charge >= 0.3 is 11.6 Å². The highest BCUT2D eigenvalue weighted by Gasteiger charge is 2.31. The summed E-state index contributed by atoms with van der Waals surface area (Å²) in [7, 11) is 0. The van der Waals surface area contributed by atoms with Gasteiger partial charge in [-0.1, -0.05) is 48.0 Å². The maximum atomic E-state index is 12.7. The number of hydrogen-bond donors (Lipinski definition) is 1. The summed E-state index contributed by atoms with van der Waals surface area (Å²) in [6, 6.07) is 22.2. The van der Waals surface area contributed by atoms with Crippen molar-refractivity contribution >= 4 is 28.5 Å². The molecule has 4 aromatic rings. The molecule has 3 aromatic carbocycles. The number of hydrogen-bond acceptors (Lipinski definition) is 7. The van der Waals surface area contributed by atoms with Crippen LogP contribution in [0.15, 0.2) is 93.5 Å². The van der Waals surface area contributed by atoms with Gasteiger partial charge in [-0.15, -0.1) is 0 Å². The Morgan fingerprint density at radius 2 is 1.82 bits per heavy atom. The minimum Gasteiger partial charge on any atom is -0.440 e. The van der Waals surface area contributed by atoms with Gasteiger partial charge in [0, 0.05) is 22.0 Å². The van der Waals surface area contributed by atoms with Crippen molar-refractivity contribution in [3.8, 4) is 17.6 Å². The highest BCUT2D eigenvalue weighted by molar-refractivity contribution is 6.30. The maximum Gasteiger partial charge on any atom is 0.351 e. The lowest BCUT2D eigenvalue weighted by Crippen LogP contribution is -2.21. The molecule has 0 radical (unpaired) electrons. The van der Waals surface area contributed by atoms with Gasteiger partial charge in [0.05, 0.1) is 5.92 Å². The summed E-state index contributed by atoms with van der Waals surface area (Å²) in [6.45, 7) is 0.